The molecule has 0 radical (unpaired) electrons. The van der Waals surface area contributed by atoms with E-state index in [1.54, 1.807) is 0 Å². The first-order valence-electron chi connectivity index (χ1n) is 6.67. The van der Waals surface area contributed by atoms with Gasteiger partial charge in [-0.3, -0.25) is 4.99 Å². The third-order valence-electron chi connectivity index (χ3n) is 3.04. The van der Waals surface area contributed by atoms with Crippen LogP contribution in [0.25, 0.3) is 0 Å². The van der Waals surface area contributed by atoms with Gasteiger partial charge in [0.05, 0.1) is 0 Å². The average molecular weight is 279 g/mol. The summed E-state index contributed by atoms with van der Waals surface area (Å²) in [4.78, 5) is 4.22. The highest BCUT2D eigenvalue weighted by atomic mass is 32.2. The predicted octanol–water partition coefficient (Wildman–Crippen LogP) is 2.63. The van der Waals surface area contributed by atoms with E-state index < -0.39 is 0 Å². The number of guanidine groups is 1. The number of nitrogens with zero attached hydrogens (tertiary/aromatic N) is 1. The number of rotatable bonds is 6. The van der Waals surface area contributed by atoms with E-state index in [0.29, 0.717) is 5.92 Å². The van der Waals surface area contributed by atoms with E-state index in [-0.39, 0.29) is 0 Å². The summed E-state index contributed by atoms with van der Waals surface area (Å²) in [7, 11) is 1.81. The van der Waals surface area contributed by atoms with Crippen LogP contribution in [0.5, 0.6) is 0 Å². The Morgan fingerprint density at radius 2 is 1.95 bits per heavy atom. The van der Waals surface area contributed by atoms with Gasteiger partial charge in [-0.1, -0.05) is 36.8 Å². The molecule has 1 atom stereocenters. The number of hydrogen-bond acceptors (Lipinski definition) is 2. The molecule has 0 amide bonds. The van der Waals surface area contributed by atoms with Crippen molar-refractivity contribution in [3.63, 3.8) is 0 Å². The fourth-order valence-corrected chi connectivity index (χ4v) is 2.06. The van der Waals surface area contributed by atoms with E-state index in [1.165, 1.54) is 11.1 Å². The van der Waals surface area contributed by atoms with Gasteiger partial charge in [-0.25, -0.2) is 0 Å². The topological polar surface area (TPSA) is 36.4 Å². The van der Waals surface area contributed by atoms with Crippen LogP contribution >= 0.6 is 11.8 Å². The van der Waals surface area contributed by atoms with Gasteiger partial charge >= 0.3 is 0 Å². The summed E-state index contributed by atoms with van der Waals surface area (Å²) in [5.41, 5.74) is 2.66. The van der Waals surface area contributed by atoms with Crippen LogP contribution in [-0.2, 0) is 0 Å². The van der Waals surface area contributed by atoms with Crippen molar-refractivity contribution in [1.82, 2.24) is 10.6 Å². The molecule has 0 aliphatic rings. The van der Waals surface area contributed by atoms with Crippen LogP contribution in [0.2, 0.25) is 0 Å². The van der Waals surface area contributed by atoms with Crippen molar-refractivity contribution in [3.05, 3.63) is 35.4 Å². The zero-order valence-corrected chi connectivity index (χ0v) is 13.2. The van der Waals surface area contributed by atoms with Gasteiger partial charge in [0.15, 0.2) is 5.96 Å². The number of aliphatic imine (C=N–C) groups is 1. The first-order chi connectivity index (χ1) is 9.17. The first kappa shape index (κ1) is 15.9. The summed E-state index contributed by atoms with van der Waals surface area (Å²) in [5.74, 6) is 2.45. The molecule has 0 saturated heterocycles. The highest BCUT2D eigenvalue weighted by molar-refractivity contribution is 7.98. The molecule has 1 aromatic carbocycles. The summed E-state index contributed by atoms with van der Waals surface area (Å²) in [6.07, 6.45) is 2.11. The molecule has 0 saturated carbocycles. The average Bonchev–Trinajstić information content (AvgIpc) is 2.43. The number of benzene rings is 1. The first-order valence-corrected chi connectivity index (χ1v) is 8.06. The van der Waals surface area contributed by atoms with Crippen LogP contribution < -0.4 is 10.6 Å². The largest absolute Gasteiger partial charge is 0.356 e. The summed E-state index contributed by atoms with van der Waals surface area (Å²) >= 11 is 1.83. The van der Waals surface area contributed by atoms with E-state index in [1.807, 2.05) is 18.8 Å². The smallest absolute Gasteiger partial charge is 0.191 e. The molecule has 3 nitrogen and oxygen atoms in total. The maximum Gasteiger partial charge on any atom is 0.191 e. The van der Waals surface area contributed by atoms with Crippen molar-refractivity contribution in [2.75, 3.05) is 32.1 Å². The Hall–Kier alpha value is -1.16. The number of nitrogens with one attached hydrogen (secondary N) is 2. The molecule has 0 bridgehead atoms. The predicted molar refractivity (Wildman–Crippen MR) is 87.3 cm³/mol. The van der Waals surface area contributed by atoms with Gasteiger partial charge in [-0.2, -0.15) is 11.8 Å². The fourth-order valence-electron chi connectivity index (χ4n) is 1.75. The Kier molecular flexibility index (Phi) is 7.41. The van der Waals surface area contributed by atoms with Crippen LogP contribution in [0.1, 0.15) is 24.0 Å². The Morgan fingerprint density at radius 3 is 2.53 bits per heavy atom. The van der Waals surface area contributed by atoms with E-state index >= 15 is 0 Å². The molecule has 4 heteroatoms. The van der Waals surface area contributed by atoms with Crippen LogP contribution in [0, 0.1) is 6.92 Å². The zero-order valence-electron chi connectivity index (χ0n) is 12.4. The third kappa shape index (κ3) is 6.01. The van der Waals surface area contributed by atoms with Crippen molar-refractivity contribution in [1.29, 1.82) is 0 Å². The van der Waals surface area contributed by atoms with Crippen LogP contribution in [0.4, 0.5) is 0 Å². The molecule has 1 unspecified atom stereocenters. The molecule has 2 N–H and O–H groups in total. The summed E-state index contributed by atoms with van der Waals surface area (Å²) in [6.45, 7) is 6.18. The molecular weight excluding hydrogens is 254 g/mol. The van der Waals surface area contributed by atoms with Gasteiger partial charge in [-0.15, -0.1) is 0 Å². The Morgan fingerprint density at radius 1 is 1.26 bits per heavy atom. The molecule has 19 heavy (non-hydrogen) atoms. The summed E-state index contributed by atoms with van der Waals surface area (Å²) in [5, 5.41) is 6.68. The van der Waals surface area contributed by atoms with Crippen molar-refractivity contribution in [2.45, 2.75) is 19.8 Å². The van der Waals surface area contributed by atoms with Gasteiger partial charge < -0.3 is 10.6 Å². The minimum atomic E-state index is 0.472. The molecule has 0 aromatic heterocycles. The second-order valence-corrected chi connectivity index (χ2v) is 5.67. The third-order valence-corrected chi connectivity index (χ3v) is 3.66. The molecule has 0 heterocycles. The maximum atomic E-state index is 4.22. The Bertz CT molecular complexity index is 387. The monoisotopic (exact) mass is 279 g/mol. The van der Waals surface area contributed by atoms with E-state index in [4.69, 9.17) is 0 Å². The Labute approximate surface area is 121 Å². The van der Waals surface area contributed by atoms with Gasteiger partial charge in [0.25, 0.3) is 0 Å². The molecular formula is C15H25N3S. The second kappa shape index (κ2) is 8.86. The molecule has 1 aromatic rings. The lowest BCUT2D eigenvalue weighted by atomic mass is 10.0. The SMILES string of the molecule is CN=C(NCCSC)NCC(C)c1ccc(C)cc1. The van der Waals surface area contributed by atoms with Gasteiger partial charge in [0, 0.05) is 25.9 Å². The number of thioether (sulfide) groups is 1. The lowest BCUT2D eigenvalue weighted by Crippen LogP contribution is -2.40. The molecule has 1 rings (SSSR count). The Balaban J connectivity index is 2.39. The van der Waals surface area contributed by atoms with Gasteiger partial charge in [0.2, 0.25) is 0 Å². The second-order valence-electron chi connectivity index (χ2n) is 4.68. The van der Waals surface area contributed by atoms with Gasteiger partial charge in [-0.05, 0) is 24.7 Å². The van der Waals surface area contributed by atoms with Crippen molar-refractivity contribution >= 4 is 17.7 Å². The normalized spacial score (nSPS) is 13.2. The minimum Gasteiger partial charge on any atom is -0.356 e. The molecule has 0 aliphatic carbocycles. The molecule has 0 spiro atoms. The molecule has 106 valence electrons. The highest BCUT2D eigenvalue weighted by Crippen LogP contribution is 2.14. The van der Waals surface area contributed by atoms with Crippen molar-refractivity contribution in [3.8, 4) is 0 Å². The minimum absolute atomic E-state index is 0.472. The van der Waals surface area contributed by atoms with E-state index in [0.717, 1.165) is 24.8 Å². The summed E-state index contributed by atoms with van der Waals surface area (Å²) < 4.78 is 0. The van der Waals surface area contributed by atoms with Crippen LogP contribution in [0.15, 0.2) is 29.3 Å². The van der Waals surface area contributed by atoms with Crippen molar-refractivity contribution in [2.24, 2.45) is 4.99 Å². The highest BCUT2D eigenvalue weighted by Gasteiger charge is 2.06. The molecule has 0 aliphatic heterocycles. The fraction of sp³-hybridized carbons (Fsp3) is 0.533. The lowest BCUT2D eigenvalue weighted by molar-refractivity contribution is 0.703. The molecule has 0 fully saturated rings. The van der Waals surface area contributed by atoms with E-state index in [9.17, 15) is 0 Å². The zero-order chi connectivity index (χ0) is 14.1. The number of aryl methyl sites for hydroxylation is 1. The quantitative estimate of drug-likeness (QED) is 0.477. The van der Waals surface area contributed by atoms with Crippen molar-refractivity contribution < 1.29 is 0 Å². The lowest BCUT2D eigenvalue weighted by Gasteiger charge is -2.16. The standard InChI is InChI=1S/C15H25N3S/c1-12-5-7-14(8-6-12)13(2)11-18-15(16-3)17-9-10-19-4/h5-8,13H,9-11H2,1-4H3,(H2,16,17,18). The van der Waals surface area contributed by atoms with Gasteiger partial charge in [0.1, 0.15) is 0 Å². The van der Waals surface area contributed by atoms with Crippen LogP contribution in [-0.4, -0.2) is 38.1 Å². The van der Waals surface area contributed by atoms with E-state index in [2.05, 4.69) is 60.0 Å². The number of hydrogen-bond donors (Lipinski definition) is 2. The van der Waals surface area contributed by atoms with Crippen LogP contribution in [0.3, 0.4) is 0 Å². The maximum absolute atomic E-state index is 4.22. The summed E-state index contributed by atoms with van der Waals surface area (Å²) in [6, 6.07) is 8.73.